The van der Waals surface area contributed by atoms with Gasteiger partial charge in [-0.3, -0.25) is 4.98 Å². The van der Waals surface area contributed by atoms with E-state index in [1.54, 1.807) is 7.11 Å². The van der Waals surface area contributed by atoms with E-state index in [9.17, 15) is 0 Å². The van der Waals surface area contributed by atoms with E-state index in [0.29, 0.717) is 6.61 Å². The fourth-order valence-electron chi connectivity index (χ4n) is 4.02. The van der Waals surface area contributed by atoms with Crippen LogP contribution < -0.4 is 0 Å². The van der Waals surface area contributed by atoms with E-state index in [2.05, 4.69) is 42.2 Å². The number of hydrogen-bond acceptors (Lipinski definition) is 3. The molecule has 26 heavy (non-hydrogen) atoms. The first-order valence-corrected chi connectivity index (χ1v) is 9.16. The van der Waals surface area contributed by atoms with Gasteiger partial charge in [-0.25, -0.2) is 0 Å². The molecule has 1 spiro atoms. The first-order valence-electron chi connectivity index (χ1n) is 9.16. The molecule has 3 heteroatoms. The smallest absolute Gasteiger partial charge is 0.109 e. The Balaban J connectivity index is 1.50. The lowest BCUT2D eigenvalue weighted by Crippen LogP contribution is -2.20. The normalized spacial score (nSPS) is 21.7. The van der Waals surface area contributed by atoms with E-state index in [1.165, 1.54) is 27.8 Å². The molecule has 0 saturated heterocycles. The lowest BCUT2D eigenvalue weighted by Gasteiger charge is -2.27. The van der Waals surface area contributed by atoms with Crippen LogP contribution in [0.2, 0.25) is 0 Å². The number of aromatic nitrogens is 1. The Morgan fingerprint density at radius 1 is 1.31 bits per heavy atom. The molecule has 2 aliphatic rings. The highest BCUT2D eigenvalue weighted by Gasteiger charge is 2.55. The molecule has 3 nitrogen and oxygen atoms in total. The molecular formula is C23H25NO2. The molecule has 2 aliphatic carbocycles. The summed E-state index contributed by atoms with van der Waals surface area (Å²) >= 11 is 0. The van der Waals surface area contributed by atoms with Crippen molar-refractivity contribution in [2.24, 2.45) is 0 Å². The van der Waals surface area contributed by atoms with Crippen LogP contribution in [0.4, 0.5) is 0 Å². The van der Waals surface area contributed by atoms with Crippen LogP contribution in [0, 0.1) is 6.92 Å². The Hall–Kier alpha value is -2.39. The third kappa shape index (κ3) is 2.77. The van der Waals surface area contributed by atoms with Crippen LogP contribution in [0.1, 0.15) is 37.0 Å². The van der Waals surface area contributed by atoms with Gasteiger partial charge < -0.3 is 9.47 Å². The van der Waals surface area contributed by atoms with Crippen LogP contribution in [-0.2, 0) is 14.9 Å². The number of ether oxygens (including phenoxy) is 2. The summed E-state index contributed by atoms with van der Waals surface area (Å²) in [5.74, 6) is 0.916. The molecule has 0 fully saturated rings. The summed E-state index contributed by atoms with van der Waals surface area (Å²) in [7, 11) is 1.71. The zero-order valence-electron chi connectivity index (χ0n) is 15.9. The molecule has 4 rings (SSSR count). The number of aryl methyl sites for hydroxylation is 1. The van der Waals surface area contributed by atoms with E-state index in [-0.39, 0.29) is 11.5 Å². The number of pyridine rings is 1. The van der Waals surface area contributed by atoms with Gasteiger partial charge in [0.25, 0.3) is 0 Å². The van der Waals surface area contributed by atoms with Gasteiger partial charge in [-0.1, -0.05) is 30.3 Å². The minimum atomic E-state index is 0.0774. The zero-order chi connectivity index (χ0) is 18.3. The van der Waals surface area contributed by atoms with E-state index in [4.69, 9.17) is 9.47 Å². The summed E-state index contributed by atoms with van der Waals surface area (Å²) in [5, 5.41) is 0. The van der Waals surface area contributed by atoms with Crippen molar-refractivity contribution in [3.8, 4) is 11.3 Å². The second-order valence-corrected chi connectivity index (χ2v) is 7.35. The van der Waals surface area contributed by atoms with Gasteiger partial charge in [0, 0.05) is 24.3 Å². The van der Waals surface area contributed by atoms with Gasteiger partial charge >= 0.3 is 0 Å². The maximum absolute atomic E-state index is 5.87. The molecular weight excluding hydrogens is 322 g/mol. The average Bonchev–Trinajstić information content (AvgIpc) is 3.28. The van der Waals surface area contributed by atoms with Crippen LogP contribution in [0.25, 0.3) is 11.3 Å². The van der Waals surface area contributed by atoms with Gasteiger partial charge in [-0.2, -0.15) is 0 Å². The SMILES string of the molecule is COC(C)/C=C(/C)OCC1=CC2(C1)c1cccc(-c3ncccc3C)c12. The van der Waals surface area contributed by atoms with Crippen molar-refractivity contribution in [1.29, 1.82) is 0 Å². The summed E-state index contributed by atoms with van der Waals surface area (Å²) in [6.45, 7) is 6.78. The van der Waals surface area contributed by atoms with E-state index in [1.807, 2.05) is 32.2 Å². The van der Waals surface area contributed by atoms with Crippen molar-refractivity contribution in [3.63, 3.8) is 0 Å². The molecule has 1 aromatic heterocycles. The van der Waals surface area contributed by atoms with Gasteiger partial charge in [0.05, 0.1) is 17.6 Å². The summed E-state index contributed by atoms with van der Waals surface area (Å²) in [6, 6.07) is 10.7. The maximum Gasteiger partial charge on any atom is 0.109 e. The molecule has 1 heterocycles. The predicted octanol–water partition coefficient (Wildman–Crippen LogP) is 4.94. The highest BCUT2D eigenvalue weighted by Crippen LogP contribution is 2.63. The Morgan fingerprint density at radius 3 is 2.85 bits per heavy atom. The van der Waals surface area contributed by atoms with Gasteiger partial charge in [0.1, 0.15) is 6.61 Å². The molecule has 0 amide bonds. The lowest BCUT2D eigenvalue weighted by atomic mass is 9.79. The Labute approximate surface area is 155 Å². The zero-order valence-corrected chi connectivity index (χ0v) is 15.9. The molecule has 2 aromatic rings. The molecule has 1 aromatic carbocycles. The van der Waals surface area contributed by atoms with Gasteiger partial charge in [-0.15, -0.1) is 0 Å². The molecule has 2 unspecified atom stereocenters. The molecule has 0 radical (unpaired) electrons. The van der Waals surface area contributed by atoms with Crippen LogP contribution in [0.15, 0.2) is 60.0 Å². The van der Waals surface area contributed by atoms with Crippen LogP contribution in [0.3, 0.4) is 0 Å². The molecule has 0 bridgehead atoms. The Morgan fingerprint density at radius 2 is 2.12 bits per heavy atom. The highest BCUT2D eigenvalue weighted by molar-refractivity contribution is 5.83. The number of rotatable bonds is 6. The fraction of sp³-hybridized carbons (Fsp3) is 0.348. The number of hydrogen-bond donors (Lipinski definition) is 0. The lowest BCUT2D eigenvalue weighted by molar-refractivity contribution is 0.147. The van der Waals surface area contributed by atoms with E-state index < -0.39 is 0 Å². The summed E-state index contributed by atoms with van der Waals surface area (Å²) in [4.78, 5) is 4.62. The monoisotopic (exact) mass is 347 g/mol. The molecule has 2 atom stereocenters. The fourth-order valence-corrected chi connectivity index (χ4v) is 4.02. The predicted molar refractivity (Wildman–Crippen MR) is 104 cm³/mol. The summed E-state index contributed by atoms with van der Waals surface area (Å²) in [5.41, 5.74) is 8.01. The number of methoxy groups -OCH3 is 1. The minimum Gasteiger partial charge on any atom is -0.494 e. The Kier molecular flexibility index (Phi) is 4.20. The molecule has 0 N–H and O–H groups in total. The molecule has 0 aliphatic heterocycles. The topological polar surface area (TPSA) is 31.4 Å². The van der Waals surface area contributed by atoms with Crippen molar-refractivity contribution in [2.75, 3.05) is 13.7 Å². The van der Waals surface area contributed by atoms with Gasteiger partial charge in [0.15, 0.2) is 0 Å². The third-order valence-electron chi connectivity index (χ3n) is 5.48. The number of benzene rings is 1. The van der Waals surface area contributed by atoms with Crippen molar-refractivity contribution in [1.82, 2.24) is 4.98 Å². The van der Waals surface area contributed by atoms with E-state index in [0.717, 1.165) is 17.9 Å². The number of fused-ring (bicyclic) bond motifs is 3. The Bertz CT molecular complexity index is 912. The second kappa shape index (κ2) is 6.40. The van der Waals surface area contributed by atoms with Crippen molar-refractivity contribution >= 4 is 0 Å². The molecule has 0 saturated carbocycles. The first kappa shape index (κ1) is 17.0. The standard InChI is InChI=1S/C23H25NO2/c1-15-7-6-10-24-22(15)19-8-5-9-20-21(19)23(20)12-18(13-23)14-26-17(3)11-16(2)25-4/h5-12,16H,13-14H2,1-4H3/b17-11-. The average molecular weight is 347 g/mol. The van der Waals surface area contributed by atoms with Gasteiger partial charge in [0.2, 0.25) is 0 Å². The van der Waals surface area contributed by atoms with Crippen molar-refractivity contribution in [3.05, 3.63) is 76.7 Å². The maximum atomic E-state index is 5.87. The van der Waals surface area contributed by atoms with Crippen molar-refractivity contribution < 1.29 is 9.47 Å². The third-order valence-corrected chi connectivity index (χ3v) is 5.48. The summed E-state index contributed by atoms with van der Waals surface area (Å²) in [6.07, 6.45) is 7.39. The quantitative estimate of drug-likeness (QED) is 0.548. The van der Waals surface area contributed by atoms with Crippen molar-refractivity contribution in [2.45, 2.75) is 38.7 Å². The highest BCUT2D eigenvalue weighted by atomic mass is 16.5. The first-order chi connectivity index (χ1) is 12.5. The number of nitrogens with zero attached hydrogens (tertiary/aromatic N) is 1. The van der Waals surface area contributed by atoms with Gasteiger partial charge in [-0.05, 0) is 61.6 Å². The minimum absolute atomic E-state index is 0.0774. The van der Waals surface area contributed by atoms with E-state index >= 15 is 0 Å². The molecule has 134 valence electrons. The second-order valence-electron chi connectivity index (χ2n) is 7.35. The largest absolute Gasteiger partial charge is 0.494 e. The van der Waals surface area contributed by atoms with Crippen LogP contribution in [0.5, 0.6) is 0 Å². The number of allylic oxidation sites excluding steroid dienone is 2. The summed E-state index contributed by atoms with van der Waals surface area (Å²) < 4.78 is 11.1. The van der Waals surface area contributed by atoms with Crippen LogP contribution in [-0.4, -0.2) is 24.8 Å². The van der Waals surface area contributed by atoms with Crippen LogP contribution >= 0.6 is 0 Å².